The number of rotatable bonds is 6. The van der Waals surface area contributed by atoms with Crippen LogP contribution < -0.4 is 15.6 Å². The first-order valence-electron chi connectivity index (χ1n) is 9.23. The van der Waals surface area contributed by atoms with Gasteiger partial charge in [0.25, 0.3) is 5.69 Å². The standard InChI is InChI=1S/C19H20N6O3S/c1-2-28-13-8-9-16(17(10-13)25(26)27)24-18(22-23-19(24)29)15-11-14(20-21-15)12-6-4-3-5-7-12/h3-10,14-15,20-21H,2,11H2,1H3,(H,23,29). The number of nitrogens with one attached hydrogen (secondary N) is 3. The number of hydrogen-bond donors (Lipinski definition) is 3. The minimum absolute atomic E-state index is 0.0928. The van der Waals surface area contributed by atoms with Gasteiger partial charge >= 0.3 is 0 Å². The van der Waals surface area contributed by atoms with Crippen LogP contribution >= 0.6 is 12.2 Å². The molecule has 1 aliphatic rings. The molecule has 0 aliphatic carbocycles. The summed E-state index contributed by atoms with van der Waals surface area (Å²) in [5.74, 6) is 1.01. The van der Waals surface area contributed by atoms with E-state index in [0.717, 1.165) is 5.56 Å². The Morgan fingerprint density at radius 2 is 2.00 bits per heavy atom. The van der Waals surface area contributed by atoms with Gasteiger partial charge in [0.1, 0.15) is 11.4 Å². The molecular formula is C19H20N6O3S. The number of aromatic nitrogens is 3. The number of hydrogen-bond acceptors (Lipinski definition) is 7. The van der Waals surface area contributed by atoms with E-state index in [0.29, 0.717) is 30.3 Å². The maximum atomic E-state index is 11.7. The monoisotopic (exact) mass is 412 g/mol. The van der Waals surface area contributed by atoms with E-state index < -0.39 is 4.92 Å². The van der Waals surface area contributed by atoms with Gasteiger partial charge in [-0.15, -0.1) is 0 Å². The molecule has 1 saturated heterocycles. The molecule has 2 atom stereocenters. The van der Waals surface area contributed by atoms with Crippen LogP contribution in [0.1, 0.15) is 36.8 Å². The van der Waals surface area contributed by atoms with Crippen molar-refractivity contribution in [2.24, 2.45) is 0 Å². The van der Waals surface area contributed by atoms with Crippen LogP contribution in [0, 0.1) is 14.9 Å². The van der Waals surface area contributed by atoms with Crippen LogP contribution in [0.5, 0.6) is 5.75 Å². The number of nitro groups is 1. The van der Waals surface area contributed by atoms with Crippen LogP contribution in [0.3, 0.4) is 0 Å². The summed E-state index contributed by atoms with van der Waals surface area (Å²) in [6.45, 7) is 2.25. The summed E-state index contributed by atoms with van der Waals surface area (Å²) in [6.07, 6.45) is 0.717. The fourth-order valence-electron chi connectivity index (χ4n) is 3.50. The summed E-state index contributed by atoms with van der Waals surface area (Å²) in [5, 5.41) is 18.8. The van der Waals surface area contributed by atoms with Crippen molar-refractivity contribution in [3.63, 3.8) is 0 Å². The highest BCUT2D eigenvalue weighted by Crippen LogP contribution is 2.34. The molecule has 0 bridgehead atoms. The lowest BCUT2D eigenvalue weighted by Gasteiger charge is -2.13. The van der Waals surface area contributed by atoms with Crippen LogP contribution in [-0.2, 0) is 0 Å². The molecule has 9 nitrogen and oxygen atoms in total. The summed E-state index contributed by atoms with van der Waals surface area (Å²) in [6, 6.07) is 14.7. The fourth-order valence-corrected chi connectivity index (χ4v) is 3.74. The lowest BCUT2D eigenvalue weighted by atomic mass is 10.0. The van der Waals surface area contributed by atoms with Crippen molar-refractivity contribution >= 4 is 17.9 Å². The van der Waals surface area contributed by atoms with E-state index in [1.54, 1.807) is 16.7 Å². The molecule has 2 aromatic carbocycles. The Balaban J connectivity index is 1.70. The molecule has 0 amide bonds. The molecule has 1 aromatic heterocycles. The first kappa shape index (κ1) is 19.2. The normalized spacial score (nSPS) is 18.7. The molecule has 3 N–H and O–H groups in total. The van der Waals surface area contributed by atoms with Crippen molar-refractivity contribution in [1.29, 1.82) is 0 Å². The fraction of sp³-hybridized carbons (Fsp3) is 0.263. The van der Waals surface area contributed by atoms with Crippen molar-refractivity contribution in [2.45, 2.75) is 25.4 Å². The molecule has 29 heavy (non-hydrogen) atoms. The molecule has 0 radical (unpaired) electrons. The molecule has 0 saturated carbocycles. The van der Waals surface area contributed by atoms with Crippen molar-refractivity contribution in [3.05, 3.63) is 74.8 Å². The lowest BCUT2D eigenvalue weighted by molar-refractivity contribution is -0.384. The Labute approximate surface area is 171 Å². The predicted octanol–water partition coefficient (Wildman–Crippen LogP) is 3.52. The van der Waals surface area contributed by atoms with Crippen LogP contribution in [-0.4, -0.2) is 26.3 Å². The molecule has 150 valence electrons. The lowest BCUT2D eigenvalue weighted by Crippen LogP contribution is -2.28. The maximum Gasteiger partial charge on any atom is 0.297 e. The van der Waals surface area contributed by atoms with Crippen molar-refractivity contribution in [3.8, 4) is 11.4 Å². The molecular weight excluding hydrogens is 392 g/mol. The van der Waals surface area contributed by atoms with Gasteiger partial charge in [-0.05, 0) is 43.3 Å². The molecule has 2 heterocycles. The maximum absolute atomic E-state index is 11.7. The van der Waals surface area contributed by atoms with Gasteiger partial charge in [-0.1, -0.05) is 30.3 Å². The van der Waals surface area contributed by atoms with Crippen LogP contribution in [0.4, 0.5) is 5.69 Å². The van der Waals surface area contributed by atoms with Crippen molar-refractivity contribution in [1.82, 2.24) is 25.6 Å². The quantitative estimate of drug-likeness (QED) is 0.323. The Hall–Kier alpha value is -3.08. The van der Waals surface area contributed by atoms with E-state index in [4.69, 9.17) is 17.0 Å². The molecule has 1 aliphatic heterocycles. The average molecular weight is 412 g/mol. The number of ether oxygens (including phenoxy) is 1. The second-order valence-corrected chi connectivity index (χ2v) is 6.99. The van der Waals surface area contributed by atoms with E-state index in [9.17, 15) is 10.1 Å². The van der Waals surface area contributed by atoms with Gasteiger partial charge in [0, 0.05) is 6.04 Å². The summed E-state index contributed by atoms with van der Waals surface area (Å²) >= 11 is 5.39. The van der Waals surface area contributed by atoms with Crippen molar-refractivity contribution in [2.75, 3.05) is 6.61 Å². The Morgan fingerprint density at radius 1 is 1.24 bits per heavy atom. The van der Waals surface area contributed by atoms with E-state index in [1.807, 2.05) is 25.1 Å². The molecule has 3 aromatic rings. The van der Waals surface area contributed by atoms with Gasteiger partial charge in [0.15, 0.2) is 10.6 Å². The minimum Gasteiger partial charge on any atom is -0.494 e. The van der Waals surface area contributed by atoms with Gasteiger partial charge in [-0.2, -0.15) is 5.10 Å². The smallest absolute Gasteiger partial charge is 0.297 e. The molecule has 0 spiro atoms. The van der Waals surface area contributed by atoms with Gasteiger partial charge < -0.3 is 4.74 Å². The third-order valence-corrected chi connectivity index (χ3v) is 5.08. The zero-order valence-corrected chi connectivity index (χ0v) is 16.5. The van der Waals surface area contributed by atoms with Crippen LogP contribution in [0.25, 0.3) is 5.69 Å². The second kappa shape index (κ2) is 8.11. The van der Waals surface area contributed by atoms with Crippen molar-refractivity contribution < 1.29 is 9.66 Å². The van der Waals surface area contributed by atoms with E-state index in [1.165, 1.54) is 6.07 Å². The minimum atomic E-state index is -0.441. The molecule has 2 unspecified atom stereocenters. The number of hydrazine groups is 1. The highest BCUT2D eigenvalue weighted by atomic mass is 32.1. The topological polar surface area (TPSA) is 110 Å². The largest absolute Gasteiger partial charge is 0.494 e. The average Bonchev–Trinajstić information content (AvgIpc) is 3.36. The zero-order valence-electron chi connectivity index (χ0n) is 15.7. The summed E-state index contributed by atoms with van der Waals surface area (Å²) in [4.78, 5) is 11.3. The van der Waals surface area contributed by atoms with Gasteiger partial charge in [0.05, 0.1) is 23.6 Å². The third-order valence-electron chi connectivity index (χ3n) is 4.81. The number of H-pyrrole nitrogens is 1. The Kier molecular flexibility index (Phi) is 5.38. The number of nitrogens with zero attached hydrogens (tertiary/aromatic N) is 3. The Bertz CT molecular complexity index is 1080. The van der Waals surface area contributed by atoms with E-state index in [2.05, 4.69) is 33.2 Å². The SMILES string of the molecule is CCOc1ccc(-n2c(C3CC(c4ccccc4)NN3)n[nH]c2=S)c([N+](=O)[O-])c1. The Morgan fingerprint density at radius 3 is 2.72 bits per heavy atom. The van der Waals surface area contributed by atoms with E-state index >= 15 is 0 Å². The first-order valence-corrected chi connectivity index (χ1v) is 9.64. The van der Waals surface area contributed by atoms with E-state index in [-0.39, 0.29) is 22.5 Å². The predicted molar refractivity (Wildman–Crippen MR) is 109 cm³/mol. The highest BCUT2D eigenvalue weighted by Gasteiger charge is 2.31. The second-order valence-electron chi connectivity index (χ2n) is 6.60. The summed E-state index contributed by atoms with van der Waals surface area (Å²) in [7, 11) is 0. The van der Waals surface area contributed by atoms with Gasteiger partial charge in [-0.25, -0.2) is 10.9 Å². The molecule has 10 heteroatoms. The molecule has 4 rings (SSSR count). The number of nitro benzene ring substituents is 1. The summed E-state index contributed by atoms with van der Waals surface area (Å²) in [5.41, 5.74) is 7.89. The van der Waals surface area contributed by atoms with Crippen LogP contribution in [0.15, 0.2) is 48.5 Å². The summed E-state index contributed by atoms with van der Waals surface area (Å²) < 4.78 is 7.30. The third kappa shape index (κ3) is 3.77. The van der Waals surface area contributed by atoms with Gasteiger partial charge in [0.2, 0.25) is 0 Å². The highest BCUT2D eigenvalue weighted by molar-refractivity contribution is 7.71. The van der Waals surface area contributed by atoms with Gasteiger partial charge in [-0.3, -0.25) is 19.8 Å². The molecule has 1 fully saturated rings. The van der Waals surface area contributed by atoms with Crippen LogP contribution in [0.2, 0.25) is 0 Å². The number of aromatic amines is 1. The first-order chi connectivity index (χ1) is 14.1. The number of benzene rings is 2. The zero-order chi connectivity index (χ0) is 20.4.